The molecule has 10 nitrogen and oxygen atoms in total. The van der Waals surface area contributed by atoms with Crippen molar-refractivity contribution in [3.63, 3.8) is 0 Å². The highest BCUT2D eigenvalue weighted by Gasteiger charge is 2.46. The highest BCUT2D eigenvalue weighted by Crippen LogP contribution is 2.41. The second-order valence-electron chi connectivity index (χ2n) is 9.60. The zero-order valence-electron chi connectivity index (χ0n) is 20.7. The predicted octanol–water partition coefficient (Wildman–Crippen LogP) is 3.21. The molecule has 1 aliphatic heterocycles. The molecule has 1 saturated carbocycles. The Morgan fingerprint density at radius 1 is 1.17 bits per heavy atom. The van der Waals surface area contributed by atoms with Crippen LogP contribution in [-0.4, -0.2) is 54.6 Å². The molecule has 0 spiro atoms. The summed E-state index contributed by atoms with van der Waals surface area (Å²) < 4.78 is 7.46. The molecule has 1 fully saturated rings. The highest BCUT2D eigenvalue weighted by atomic mass is 16.5. The van der Waals surface area contributed by atoms with Crippen LogP contribution in [0.3, 0.4) is 0 Å². The molecule has 0 bridgehead atoms. The van der Waals surface area contributed by atoms with Crippen molar-refractivity contribution in [2.24, 2.45) is 0 Å². The fourth-order valence-electron chi connectivity index (χ4n) is 5.19. The number of nitrogens with one attached hydrogen (secondary N) is 2. The number of nitrogens with zero attached hydrogens (tertiary/aromatic N) is 6. The van der Waals surface area contributed by atoms with Crippen LogP contribution >= 0.6 is 0 Å². The van der Waals surface area contributed by atoms with E-state index in [1.807, 2.05) is 36.6 Å². The maximum absolute atomic E-state index is 13.0. The number of methoxy groups -OCH3 is 1. The Morgan fingerprint density at radius 2 is 1.94 bits per heavy atom. The number of imidazole rings is 1. The van der Waals surface area contributed by atoms with Gasteiger partial charge in [0.2, 0.25) is 5.91 Å². The van der Waals surface area contributed by atoms with Gasteiger partial charge in [-0.25, -0.2) is 24.9 Å². The number of rotatable bonds is 6. The van der Waals surface area contributed by atoms with Crippen LogP contribution in [0, 0.1) is 6.92 Å². The molecule has 36 heavy (non-hydrogen) atoms. The Balaban J connectivity index is 1.43. The van der Waals surface area contributed by atoms with E-state index in [9.17, 15) is 4.79 Å². The molecule has 0 radical (unpaired) electrons. The second-order valence-corrected chi connectivity index (χ2v) is 9.60. The van der Waals surface area contributed by atoms with Gasteiger partial charge < -0.3 is 14.6 Å². The Morgan fingerprint density at radius 3 is 2.67 bits per heavy atom. The van der Waals surface area contributed by atoms with Gasteiger partial charge >= 0.3 is 0 Å². The van der Waals surface area contributed by atoms with Gasteiger partial charge in [0.15, 0.2) is 5.65 Å². The van der Waals surface area contributed by atoms with E-state index in [2.05, 4.69) is 37.5 Å². The van der Waals surface area contributed by atoms with Gasteiger partial charge in [0.05, 0.1) is 11.7 Å². The molecule has 6 rings (SSSR count). The largest absolute Gasteiger partial charge is 0.381 e. The molecular weight excluding hydrogens is 456 g/mol. The van der Waals surface area contributed by atoms with Crippen molar-refractivity contribution in [3.05, 3.63) is 48.3 Å². The van der Waals surface area contributed by atoms with Crippen molar-refractivity contribution in [2.75, 3.05) is 12.4 Å². The van der Waals surface area contributed by atoms with E-state index in [1.54, 1.807) is 25.8 Å². The molecular formula is C26H28N8O2. The summed E-state index contributed by atoms with van der Waals surface area (Å²) in [6, 6.07) is 6.17. The molecule has 3 aromatic heterocycles. The van der Waals surface area contributed by atoms with Crippen LogP contribution in [0.15, 0.2) is 36.9 Å². The lowest BCUT2D eigenvalue weighted by Crippen LogP contribution is -2.56. The molecule has 1 aliphatic carbocycles. The van der Waals surface area contributed by atoms with Crippen LogP contribution in [0.5, 0.6) is 0 Å². The third-order valence-electron chi connectivity index (χ3n) is 7.34. The van der Waals surface area contributed by atoms with Crippen molar-refractivity contribution in [2.45, 2.75) is 57.8 Å². The standard InChI is InChI=1S/C26H28N8O2/c1-5-34-23(16-11-27-14(2)28-12-16)32-22-21(29-13-30-24(22)34)15-6-7-20-19(8-15)26(3,25(35)31-20)33-17-9-18(10-17)36-4/h6-8,11-13,17-18,33H,5,9-10H2,1-4H3,(H,31,35)/t17?,18?,26-/m1/s1. The number of carbonyl (C=O) groups excluding carboxylic acids is 1. The molecule has 0 unspecified atom stereocenters. The topological polar surface area (TPSA) is 120 Å². The van der Waals surface area contributed by atoms with E-state index in [-0.39, 0.29) is 18.1 Å². The van der Waals surface area contributed by atoms with Gasteiger partial charge in [-0.2, -0.15) is 0 Å². The molecule has 1 amide bonds. The minimum atomic E-state index is -0.839. The van der Waals surface area contributed by atoms with Crippen molar-refractivity contribution in [1.29, 1.82) is 0 Å². The van der Waals surface area contributed by atoms with E-state index in [1.165, 1.54) is 0 Å². The Hall–Kier alpha value is -3.76. The molecule has 184 valence electrons. The number of aryl methyl sites for hydroxylation is 2. The normalized spacial score (nSPS) is 22.9. The van der Waals surface area contributed by atoms with Crippen LogP contribution in [-0.2, 0) is 21.6 Å². The van der Waals surface area contributed by atoms with Gasteiger partial charge in [0, 0.05) is 48.9 Å². The summed E-state index contributed by atoms with van der Waals surface area (Å²) in [7, 11) is 1.73. The summed E-state index contributed by atoms with van der Waals surface area (Å²) >= 11 is 0. The maximum atomic E-state index is 13.0. The summed E-state index contributed by atoms with van der Waals surface area (Å²) in [5.41, 5.74) is 4.73. The molecule has 10 heteroatoms. The van der Waals surface area contributed by atoms with E-state index in [0.29, 0.717) is 23.6 Å². The number of ether oxygens (including phenoxy) is 1. The van der Waals surface area contributed by atoms with E-state index >= 15 is 0 Å². The molecule has 2 N–H and O–H groups in total. The number of benzene rings is 1. The highest BCUT2D eigenvalue weighted by molar-refractivity contribution is 6.06. The molecule has 1 aromatic carbocycles. The number of hydrogen-bond donors (Lipinski definition) is 2. The van der Waals surface area contributed by atoms with Crippen molar-refractivity contribution < 1.29 is 9.53 Å². The Bertz CT molecular complexity index is 1480. The fraction of sp³-hybridized carbons (Fsp3) is 0.385. The van der Waals surface area contributed by atoms with Crippen LogP contribution < -0.4 is 10.6 Å². The lowest BCUT2D eigenvalue weighted by molar-refractivity contribution is -0.122. The quantitative estimate of drug-likeness (QED) is 0.428. The van der Waals surface area contributed by atoms with Crippen molar-refractivity contribution in [3.8, 4) is 22.6 Å². The van der Waals surface area contributed by atoms with Crippen LogP contribution in [0.25, 0.3) is 33.8 Å². The molecule has 0 saturated heterocycles. The molecule has 4 aromatic rings. The van der Waals surface area contributed by atoms with Gasteiger partial charge in [-0.15, -0.1) is 0 Å². The molecule has 2 aliphatic rings. The first-order valence-corrected chi connectivity index (χ1v) is 12.2. The number of anilines is 1. The number of hydrogen-bond acceptors (Lipinski definition) is 8. The molecule has 4 heterocycles. The van der Waals surface area contributed by atoms with Gasteiger partial charge in [-0.3, -0.25) is 10.1 Å². The lowest BCUT2D eigenvalue weighted by Gasteiger charge is -2.39. The zero-order valence-corrected chi connectivity index (χ0v) is 20.7. The monoisotopic (exact) mass is 484 g/mol. The van der Waals surface area contributed by atoms with Crippen LogP contribution in [0.4, 0.5) is 5.69 Å². The average Bonchev–Trinajstić information content (AvgIpc) is 3.36. The zero-order chi connectivity index (χ0) is 25.0. The maximum Gasteiger partial charge on any atom is 0.249 e. The van der Waals surface area contributed by atoms with Gasteiger partial charge in [0.25, 0.3) is 0 Å². The fourth-order valence-corrected chi connectivity index (χ4v) is 5.19. The third kappa shape index (κ3) is 3.48. The summed E-state index contributed by atoms with van der Waals surface area (Å²) in [6.07, 6.45) is 7.15. The minimum Gasteiger partial charge on any atom is -0.381 e. The van der Waals surface area contributed by atoms with Gasteiger partial charge in [-0.05, 0) is 45.7 Å². The lowest BCUT2D eigenvalue weighted by atomic mass is 9.84. The summed E-state index contributed by atoms with van der Waals surface area (Å²) in [5, 5.41) is 6.60. The first-order chi connectivity index (χ1) is 17.4. The summed E-state index contributed by atoms with van der Waals surface area (Å²) in [5.74, 6) is 1.40. The molecule has 1 atom stereocenters. The number of fused-ring (bicyclic) bond motifs is 2. The summed E-state index contributed by atoms with van der Waals surface area (Å²) in [4.78, 5) is 35.8. The Kier molecular flexibility index (Phi) is 5.31. The van der Waals surface area contributed by atoms with Crippen LogP contribution in [0.2, 0.25) is 0 Å². The predicted molar refractivity (Wildman–Crippen MR) is 135 cm³/mol. The minimum absolute atomic E-state index is 0.0553. The number of amides is 1. The van der Waals surface area contributed by atoms with E-state index in [0.717, 1.165) is 46.7 Å². The van der Waals surface area contributed by atoms with E-state index in [4.69, 9.17) is 9.72 Å². The summed E-state index contributed by atoms with van der Waals surface area (Å²) in [6.45, 7) is 6.53. The van der Waals surface area contributed by atoms with E-state index < -0.39 is 5.54 Å². The number of aromatic nitrogens is 6. The third-order valence-corrected chi connectivity index (χ3v) is 7.34. The average molecular weight is 485 g/mol. The second kappa shape index (κ2) is 8.42. The van der Waals surface area contributed by atoms with Gasteiger partial charge in [-0.1, -0.05) is 6.07 Å². The van der Waals surface area contributed by atoms with Crippen molar-refractivity contribution in [1.82, 2.24) is 34.8 Å². The first kappa shape index (κ1) is 22.7. The number of carbonyl (C=O) groups is 1. The van der Waals surface area contributed by atoms with Crippen molar-refractivity contribution >= 4 is 22.8 Å². The first-order valence-electron chi connectivity index (χ1n) is 12.2. The van der Waals surface area contributed by atoms with Gasteiger partial charge in [0.1, 0.15) is 34.7 Å². The van der Waals surface area contributed by atoms with Crippen LogP contribution in [0.1, 0.15) is 38.1 Å². The SMILES string of the molecule is CCn1c(-c2cnc(C)nc2)nc2c(-c3ccc4c(c3)[C@@](C)(NC3CC(OC)C3)C(=O)N4)ncnc21. The smallest absolute Gasteiger partial charge is 0.249 e. The Labute approximate surface area is 208 Å².